The highest BCUT2D eigenvalue weighted by molar-refractivity contribution is 6.11. The Morgan fingerprint density at radius 3 is 2.46 bits per heavy atom. The van der Waals surface area contributed by atoms with Gasteiger partial charge in [-0.15, -0.1) is 0 Å². The molecule has 2 fully saturated rings. The van der Waals surface area contributed by atoms with E-state index in [0.717, 1.165) is 25.1 Å². The lowest BCUT2D eigenvalue weighted by Crippen LogP contribution is -2.30. The van der Waals surface area contributed by atoms with Gasteiger partial charge in [-0.1, -0.05) is 19.1 Å². The standard InChI is InChI=1S/C21H29N3O2/c1-4-16(3)22-21-24(5-2)20(25)19(26-21)15-17-9-11-18(12-10-17)23-13-7-6-8-14-23/h9-12,15-16H,4-8,13-14H2,1-3H3/b19-15+,22-21?. The molecular weight excluding hydrogens is 326 g/mol. The van der Waals surface area contributed by atoms with Crippen LogP contribution in [0.3, 0.4) is 0 Å². The third kappa shape index (κ3) is 4.09. The second-order valence-corrected chi connectivity index (χ2v) is 6.97. The van der Waals surface area contributed by atoms with Crippen LogP contribution in [0, 0.1) is 0 Å². The van der Waals surface area contributed by atoms with Crippen molar-refractivity contribution in [2.75, 3.05) is 24.5 Å². The van der Waals surface area contributed by atoms with E-state index in [-0.39, 0.29) is 11.9 Å². The highest BCUT2D eigenvalue weighted by Gasteiger charge is 2.33. The van der Waals surface area contributed by atoms with Crippen molar-refractivity contribution in [3.63, 3.8) is 0 Å². The van der Waals surface area contributed by atoms with E-state index >= 15 is 0 Å². The summed E-state index contributed by atoms with van der Waals surface area (Å²) >= 11 is 0. The maximum Gasteiger partial charge on any atom is 0.300 e. The first-order chi connectivity index (χ1) is 12.6. The van der Waals surface area contributed by atoms with Crippen LogP contribution in [0.4, 0.5) is 5.69 Å². The lowest BCUT2D eigenvalue weighted by Gasteiger charge is -2.28. The Morgan fingerprint density at radius 2 is 1.85 bits per heavy atom. The number of piperidine rings is 1. The van der Waals surface area contributed by atoms with Gasteiger partial charge in [-0.2, -0.15) is 0 Å². The predicted octanol–water partition coefficient (Wildman–Crippen LogP) is 4.05. The Hall–Kier alpha value is -2.30. The summed E-state index contributed by atoms with van der Waals surface area (Å²) in [4.78, 5) is 21.1. The van der Waals surface area contributed by atoms with Crippen molar-refractivity contribution < 1.29 is 9.53 Å². The average molecular weight is 355 g/mol. The monoisotopic (exact) mass is 355 g/mol. The van der Waals surface area contributed by atoms with Gasteiger partial charge in [0, 0.05) is 25.3 Å². The van der Waals surface area contributed by atoms with Gasteiger partial charge in [-0.05, 0) is 63.3 Å². The van der Waals surface area contributed by atoms with Crippen LogP contribution < -0.4 is 4.90 Å². The van der Waals surface area contributed by atoms with Crippen molar-refractivity contribution in [2.24, 2.45) is 4.99 Å². The number of nitrogens with zero attached hydrogens (tertiary/aromatic N) is 3. The fraction of sp³-hybridized carbons (Fsp3) is 0.524. The summed E-state index contributed by atoms with van der Waals surface area (Å²) in [6, 6.07) is 8.91. The summed E-state index contributed by atoms with van der Waals surface area (Å²) in [6.45, 7) is 8.84. The van der Waals surface area contributed by atoms with Crippen LogP contribution in [0.2, 0.25) is 0 Å². The molecule has 2 aliphatic heterocycles. The molecule has 5 nitrogen and oxygen atoms in total. The van der Waals surface area contributed by atoms with E-state index in [4.69, 9.17) is 4.74 Å². The molecule has 1 unspecified atom stereocenters. The summed E-state index contributed by atoms with van der Waals surface area (Å²) < 4.78 is 5.78. The molecule has 2 heterocycles. The number of amides is 1. The van der Waals surface area contributed by atoms with Crippen LogP contribution in [0.15, 0.2) is 35.0 Å². The summed E-state index contributed by atoms with van der Waals surface area (Å²) in [5.41, 5.74) is 2.22. The largest absolute Gasteiger partial charge is 0.420 e. The molecule has 5 heteroatoms. The minimum Gasteiger partial charge on any atom is -0.420 e. The molecule has 3 rings (SSSR count). The number of hydrogen-bond donors (Lipinski definition) is 0. The molecule has 1 aromatic rings. The highest BCUT2D eigenvalue weighted by atomic mass is 16.5. The molecule has 140 valence electrons. The van der Waals surface area contributed by atoms with Gasteiger partial charge in [0.05, 0.1) is 6.04 Å². The summed E-state index contributed by atoms with van der Waals surface area (Å²) in [6.07, 6.45) is 6.58. The van der Waals surface area contributed by atoms with E-state index in [1.165, 1.54) is 24.9 Å². The second kappa shape index (κ2) is 8.39. The molecule has 0 aliphatic carbocycles. The lowest BCUT2D eigenvalue weighted by molar-refractivity contribution is -0.122. The molecule has 0 N–H and O–H groups in total. The Bertz CT molecular complexity index is 688. The van der Waals surface area contributed by atoms with Gasteiger partial charge in [-0.25, -0.2) is 4.99 Å². The number of rotatable bonds is 5. The number of carbonyl (C=O) groups excluding carboxylic acids is 1. The minimum absolute atomic E-state index is 0.116. The van der Waals surface area contributed by atoms with Gasteiger partial charge in [0.25, 0.3) is 5.91 Å². The molecular formula is C21H29N3O2. The SMILES string of the molecule is CCC(C)N=C1O/C(=C/c2ccc(N3CCCCC3)cc2)C(=O)N1CC. The smallest absolute Gasteiger partial charge is 0.300 e. The Labute approximate surface area is 156 Å². The second-order valence-electron chi connectivity index (χ2n) is 6.97. The fourth-order valence-electron chi connectivity index (χ4n) is 3.25. The van der Waals surface area contributed by atoms with Crippen molar-refractivity contribution in [1.29, 1.82) is 0 Å². The van der Waals surface area contributed by atoms with Crippen LogP contribution in [-0.2, 0) is 9.53 Å². The molecule has 0 aromatic heterocycles. The normalized spacial score (nSPS) is 22.2. The molecule has 0 spiro atoms. The Morgan fingerprint density at radius 1 is 1.15 bits per heavy atom. The minimum atomic E-state index is -0.116. The van der Waals surface area contributed by atoms with Gasteiger partial charge < -0.3 is 9.64 Å². The molecule has 0 radical (unpaired) electrons. The molecule has 1 atom stereocenters. The maximum atomic E-state index is 12.6. The van der Waals surface area contributed by atoms with Crippen molar-refractivity contribution in [3.8, 4) is 0 Å². The molecule has 2 saturated heterocycles. The van der Waals surface area contributed by atoms with E-state index in [1.54, 1.807) is 4.90 Å². The number of ether oxygens (including phenoxy) is 1. The average Bonchev–Trinajstić information content (AvgIpc) is 2.97. The first-order valence-corrected chi connectivity index (χ1v) is 9.76. The zero-order valence-electron chi connectivity index (χ0n) is 16.1. The first-order valence-electron chi connectivity index (χ1n) is 9.76. The van der Waals surface area contributed by atoms with Gasteiger partial charge in [0.15, 0.2) is 5.76 Å². The topological polar surface area (TPSA) is 45.1 Å². The van der Waals surface area contributed by atoms with Crippen molar-refractivity contribution in [1.82, 2.24) is 4.90 Å². The zero-order valence-corrected chi connectivity index (χ0v) is 16.1. The van der Waals surface area contributed by atoms with Crippen molar-refractivity contribution >= 4 is 23.7 Å². The molecule has 0 saturated carbocycles. The van der Waals surface area contributed by atoms with Crippen LogP contribution in [0.5, 0.6) is 0 Å². The van der Waals surface area contributed by atoms with Crippen LogP contribution >= 0.6 is 0 Å². The summed E-state index contributed by atoms with van der Waals surface area (Å²) in [5.74, 6) is 0.231. The fourth-order valence-corrected chi connectivity index (χ4v) is 3.25. The molecule has 1 amide bonds. The molecule has 1 aromatic carbocycles. The van der Waals surface area contributed by atoms with Gasteiger partial charge >= 0.3 is 6.02 Å². The Kier molecular flexibility index (Phi) is 5.96. The van der Waals surface area contributed by atoms with E-state index in [0.29, 0.717) is 18.3 Å². The van der Waals surface area contributed by atoms with Crippen LogP contribution in [0.25, 0.3) is 6.08 Å². The summed E-state index contributed by atoms with van der Waals surface area (Å²) in [7, 11) is 0. The van der Waals surface area contributed by atoms with Crippen molar-refractivity contribution in [2.45, 2.75) is 52.5 Å². The van der Waals surface area contributed by atoms with E-state index in [9.17, 15) is 4.79 Å². The van der Waals surface area contributed by atoms with Gasteiger partial charge in [-0.3, -0.25) is 9.69 Å². The maximum absolute atomic E-state index is 12.6. The molecule has 0 bridgehead atoms. The van der Waals surface area contributed by atoms with Gasteiger partial charge in [0.1, 0.15) is 0 Å². The predicted molar refractivity (Wildman–Crippen MR) is 106 cm³/mol. The third-order valence-electron chi connectivity index (χ3n) is 5.04. The third-order valence-corrected chi connectivity index (χ3v) is 5.04. The summed E-state index contributed by atoms with van der Waals surface area (Å²) in [5, 5.41) is 0. The Balaban J connectivity index is 1.76. The highest BCUT2D eigenvalue weighted by Crippen LogP contribution is 2.23. The number of carbonyl (C=O) groups is 1. The van der Waals surface area contributed by atoms with Crippen LogP contribution in [-0.4, -0.2) is 42.5 Å². The van der Waals surface area contributed by atoms with E-state index in [1.807, 2.05) is 32.1 Å². The number of likely N-dealkylation sites (N-methyl/N-ethyl adjacent to an activating group) is 1. The van der Waals surface area contributed by atoms with E-state index in [2.05, 4.69) is 28.9 Å². The number of anilines is 1. The molecule has 2 aliphatic rings. The number of amidine groups is 1. The van der Waals surface area contributed by atoms with E-state index < -0.39 is 0 Å². The van der Waals surface area contributed by atoms with Crippen molar-refractivity contribution in [3.05, 3.63) is 35.6 Å². The van der Waals surface area contributed by atoms with Gasteiger partial charge in [0.2, 0.25) is 0 Å². The number of hydrogen-bond acceptors (Lipinski definition) is 4. The number of aliphatic imine (C=N–C) groups is 1. The first kappa shape index (κ1) is 18.5. The number of benzene rings is 1. The zero-order chi connectivity index (χ0) is 18.5. The molecule has 26 heavy (non-hydrogen) atoms. The van der Waals surface area contributed by atoms with Crippen LogP contribution in [0.1, 0.15) is 52.0 Å². The lowest BCUT2D eigenvalue weighted by atomic mass is 10.1. The quantitative estimate of drug-likeness (QED) is 0.749.